The first kappa shape index (κ1) is 18.7. The summed E-state index contributed by atoms with van der Waals surface area (Å²) in [5.41, 5.74) is -3.98. The van der Waals surface area contributed by atoms with Crippen molar-refractivity contribution in [3.8, 4) is 5.75 Å². The lowest BCUT2D eigenvalue weighted by atomic mass is 9.91. The summed E-state index contributed by atoms with van der Waals surface area (Å²) in [6.45, 7) is -0.298. The number of carbonyl (C=O) groups excluding carboxylic acids is 1. The lowest BCUT2D eigenvalue weighted by Crippen LogP contribution is -2.54. The van der Waals surface area contributed by atoms with Crippen molar-refractivity contribution in [2.24, 2.45) is 0 Å². The van der Waals surface area contributed by atoms with E-state index in [2.05, 4.69) is 0 Å². The highest BCUT2D eigenvalue weighted by molar-refractivity contribution is 5.87. The first-order valence-electron chi connectivity index (χ1n) is 7.15. The number of nitrogens with one attached hydrogen (secondary N) is 1. The Hall–Kier alpha value is -2.61. The second kappa shape index (κ2) is 7.10. The Morgan fingerprint density at radius 1 is 1.08 bits per heavy atom. The van der Waals surface area contributed by atoms with Crippen LogP contribution in [0.2, 0.25) is 0 Å². The number of benzene rings is 2. The molecule has 0 fully saturated rings. The normalized spacial score (nSPS) is 13.8. The maximum absolute atomic E-state index is 13.4. The zero-order valence-corrected chi connectivity index (χ0v) is 13.1. The van der Waals surface area contributed by atoms with Gasteiger partial charge in [-0.1, -0.05) is 24.3 Å². The highest BCUT2D eigenvalue weighted by Gasteiger charge is 2.60. The second-order valence-corrected chi connectivity index (χ2v) is 5.25. The molecule has 0 heterocycles. The van der Waals surface area contributed by atoms with Crippen LogP contribution in [0.3, 0.4) is 0 Å². The number of ether oxygens (including phenoxy) is 1. The average Bonchev–Trinajstić information content (AvgIpc) is 2.59. The molecule has 1 amide bonds. The minimum absolute atomic E-state index is 0.278. The van der Waals surface area contributed by atoms with E-state index in [0.29, 0.717) is 5.56 Å². The minimum Gasteiger partial charge on any atom is -0.497 e. The molecule has 0 spiro atoms. The molecule has 0 saturated heterocycles. The first-order chi connectivity index (χ1) is 11.7. The number of alkyl halides is 3. The van der Waals surface area contributed by atoms with Crippen LogP contribution in [0, 0.1) is 5.82 Å². The van der Waals surface area contributed by atoms with Crippen molar-refractivity contribution in [3.05, 3.63) is 65.5 Å². The van der Waals surface area contributed by atoms with Crippen molar-refractivity contribution in [2.75, 3.05) is 7.11 Å². The maximum Gasteiger partial charge on any atom is 0.430 e. The summed E-state index contributed by atoms with van der Waals surface area (Å²) in [6, 6.07) is 9.19. The fourth-order valence-electron chi connectivity index (χ4n) is 2.17. The SMILES string of the molecule is COc1ccc(C(O)(C(=O)NCc2ccc(F)cc2)C(F)(F)F)cc1. The van der Waals surface area contributed by atoms with Gasteiger partial charge in [0.1, 0.15) is 11.6 Å². The summed E-state index contributed by atoms with van der Waals surface area (Å²) in [4.78, 5) is 12.1. The number of hydrogen-bond acceptors (Lipinski definition) is 3. The molecule has 0 saturated carbocycles. The molecule has 0 bridgehead atoms. The molecule has 134 valence electrons. The van der Waals surface area contributed by atoms with Gasteiger partial charge < -0.3 is 15.2 Å². The summed E-state index contributed by atoms with van der Waals surface area (Å²) < 4.78 is 57.9. The minimum atomic E-state index is -5.24. The predicted molar refractivity (Wildman–Crippen MR) is 81.2 cm³/mol. The lowest BCUT2D eigenvalue weighted by molar-refractivity contribution is -0.257. The number of carbonyl (C=O) groups is 1. The van der Waals surface area contributed by atoms with Gasteiger partial charge in [-0.2, -0.15) is 13.2 Å². The third-order valence-corrected chi connectivity index (χ3v) is 3.61. The Kier molecular flexibility index (Phi) is 5.32. The van der Waals surface area contributed by atoms with Crippen molar-refractivity contribution in [1.82, 2.24) is 5.32 Å². The van der Waals surface area contributed by atoms with Crippen molar-refractivity contribution in [2.45, 2.75) is 18.3 Å². The van der Waals surface area contributed by atoms with Gasteiger partial charge in [-0.3, -0.25) is 4.79 Å². The quantitative estimate of drug-likeness (QED) is 0.809. The van der Waals surface area contributed by atoms with E-state index in [4.69, 9.17) is 4.74 Å². The highest BCUT2D eigenvalue weighted by Crippen LogP contribution is 2.39. The van der Waals surface area contributed by atoms with Crippen LogP contribution in [0.15, 0.2) is 48.5 Å². The van der Waals surface area contributed by atoms with E-state index in [0.717, 1.165) is 24.3 Å². The van der Waals surface area contributed by atoms with Gasteiger partial charge in [0, 0.05) is 12.1 Å². The van der Waals surface area contributed by atoms with Gasteiger partial charge >= 0.3 is 6.18 Å². The van der Waals surface area contributed by atoms with Gasteiger partial charge in [0.2, 0.25) is 0 Å². The maximum atomic E-state index is 13.4. The number of aliphatic hydroxyl groups is 1. The fraction of sp³-hybridized carbons (Fsp3) is 0.235. The largest absolute Gasteiger partial charge is 0.497 e. The molecule has 8 heteroatoms. The van der Waals surface area contributed by atoms with E-state index in [-0.39, 0.29) is 12.3 Å². The van der Waals surface area contributed by atoms with Gasteiger partial charge in [0.05, 0.1) is 7.11 Å². The van der Waals surface area contributed by atoms with E-state index in [1.165, 1.54) is 31.4 Å². The lowest BCUT2D eigenvalue weighted by Gasteiger charge is -2.29. The molecule has 0 aliphatic rings. The van der Waals surface area contributed by atoms with E-state index in [1.54, 1.807) is 0 Å². The van der Waals surface area contributed by atoms with E-state index < -0.39 is 29.1 Å². The first-order valence-corrected chi connectivity index (χ1v) is 7.15. The summed E-state index contributed by atoms with van der Waals surface area (Å²) in [5.74, 6) is -1.87. The van der Waals surface area contributed by atoms with Crippen LogP contribution in [-0.4, -0.2) is 24.3 Å². The Labute approximate surface area is 141 Å². The summed E-state index contributed by atoms with van der Waals surface area (Å²) in [6.07, 6.45) is -5.24. The van der Waals surface area contributed by atoms with E-state index in [1.807, 2.05) is 5.32 Å². The van der Waals surface area contributed by atoms with Crippen LogP contribution in [0.5, 0.6) is 5.75 Å². The Morgan fingerprint density at radius 2 is 1.64 bits per heavy atom. The molecule has 2 aromatic rings. The Bertz CT molecular complexity index is 729. The molecule has 0 aliphatic heterocycles. The van der Waals surface area contributed by atoms with Crippen molar-refractivity contribution in [3.63, 3.8) is 0 Å². The topological polar surface area (TPSA) is 58.6 Å². The third-order valence-electron chi connectivity index (χ3n) is 3.61. The van der Waals surface area contributed by atoms with Crippen LogP contribution in [0.4, 0.5) is 17.6 Å². The number of halogens is 4. The number of amides is 1. The molecule has 4 nitrogen and oxygen atoms in total. The molecule has 0 aliphatic carbocycles. The van der Waals surface area contributed by atoms with Crippen molar-refractivity contribution < 1.29 is 32.2 Å². The van der Waals surface area contributed by atoms with Gasteiger partial charge in [-0.15, -0.1) is 0 Å². The van der Waals surface area contributed by atoms with Crippen LogP contribution in [0.1, 0.15) is 11.1 Å². The average molecular weight is 357 g/mol. The molecular weight excluding hydrogens is 342 g/mol. The van der Waals surface area contributed by atoms with E-state index in [9.17, 15) is 27.5 Å². The zero-order valence-electron chi connectivity index (χ0n) is 13.1. The molecule has 0 radical (unpaired) electrons. The monoisotopic (exact) mass is 357 g/mol. The van der Waals surface area contributed by atoms with Gasteiger partial charge in [0.15, 0.2) is 0 Å². The smallest absolute Gasteiger partial charge is 0.430 e. The number of rotatable bonds is 5. The summed E-state index contributed by atoms with van der Waals surface area (Å²) >= 11 is 0. The van der Waals surface area contributed by atoms with Gasteiger partial charge in [-0.25, -0.2) is 4.39 Å². The zero-order chi connectivity index (χ0) is 18.7. The molecule has 2 rings (SSSR count). The molecule has 1 atom stereocenters. The molecule has 2 N–H and O–H groups in total. The van der Waals surface area contributed by atoms with Gasteiger partial charge in [0.25, 0.3) is 11.5 Å². The van der Waals surface area contributed by atoms with Crippen molar-refractivity contribution >= 4 is 5.91 Å². The highest BCUT2D eigenvalue weighted by atomic mass is 19.4. The Morgan fingerprint density at radius 3 is 2.12 bits per heavy atom. The van der Waals surface area contributed by atoms with Crippen LogP contribution >= 0.6 is 0 Å². The molecule has 0 aromatic heterocycles. The van der Waals surface area contributed by atoms with Crippen LogP contribution in [0.25, 0.3) is 0 Å². The fourth-order valence-corrected chi connectivity index (χ4v) is 2.17. The van der Waals surface area contributed by atoms with E-state index >= 15 is 0 Å². The Balaban J connectivity index is 2.26. The molecule has 1 unspecified atom stereocenters. The number of hydrogen-bond donors (Lipinski definition) is 2. The molecule has 25 heavy (non-hydrogen) atoms. The number of methoxy groups -OCH3 is 1. The molecular formula is C17H15F4NO3. The third kappa shape index (κ3) is 3.90. The molecule has 2 aromatic carbocycles. The van der Waals surface area contributed by atoms with Crippen molar-refractivity contribution in [1.29, 1.82) is 0 Å². The summed E-state index contributed by atoms with van der Waals surface area (Å²) in [7, 11) is 1.33. The standard InChI is InChI=1S/C17H15F4NO3/c1-25-14-8-4-12(5-9-14)16(24,17(19,20)21)15(23)22-10-11-2-6-13(18)7-3-11/h2-9,24H,10H2,1H3,(H,22,23). The van der Waals surface area contributed by atoms with Crippen LogP contribution in [-0.2, 0) is 16.9 Å². The second-order valence-electron chi connectivity index (χ2n) is 5.25. The predicted octanol–water partition coefficient (Wildman–Crippen LogP) is 2.90. The van der Waals surface area contributed by atoms with Crippen LogP contribution < -0.4 is 10.1 Å². The van der Waals surface area contributed by atoms with Gasteiger partial charge in [-0.05, 0) is 29.8 Å². The summed E-state index contributed by atoms with van der Waals surface area (Å²) in [5, 5.41) is 12.2.